The fourth-order valence-corrected chi connectivity index (χ4v) is 2.00. The smallest absolute Gasteiger partial charge is 0.251 e. The Morgan fingerprint density at radius 3 is 2.27 bits per heavy atom. The molecule has 2 aromatic rings. The van der Waals surface area contributed by atoms with Gasteiger partial charge in [-0.05, 0) is 56.2 Å². The van der Waals surface area contributed by atoms with Crippen molar-refractivity contribution >= 4 is 17.5 Å². The highest BCUT2D eigenvalue weighted by atomic mass is 16.2. The first-order valence-corrected chi connectivity index (χ1v) is 7.21. The molecule has 114 valence electrons. The number of carbonyl (C=O) groups excluding carboxylic acids is 2. The number of anilines is 1. The van der Waals surface area contributed by atoms with Crippen LogP contribution in [-0.2, 0) is 4.79 Å². The molecule has 2 N–H and O–H groups in total. The van der Waals surface area contributed by atoms with Crippen LogP contribution in [0, 0.1) is 13.8 Å². The lowest BCUT2D eigenvalue weighted by Gasteiger charge is -2.15. The van der Waals surface area contributed by atoms with Crippen LogP contribution in [0.4, 0.5) is 5.69 Å². The van der Waals surface area contributed by atoms with Crippen LogP contribution in [0.1, 0.15) is 28.4 Å². The topological polar surface area (TPSA) is 58.2 Å². The molecule has 0 fully saturated rings. The molecule has 0 unspecified atom stereocenters. The molecule has 2 amide bonds. The Morgan fingerprint density at radius 1 is 0.955 bits per heavy atom. The predicted molar refractivity (Wildman–Crippen MR) is 87.9 cm³/mol. The molecule has 1 atom stereocenters. The van der Waals surface area contributed by atoms with Gasteiger partial charge in [0.05, 0.1) is 0 Å². The fourth-order valence-electron chi connectivity index (χ4n) is 2.00. The van der Waals surface area contributed by atoms with Gasteiger partial charge >= 0.3 is 0 Å². The first-order valence-electron chi connectivity index (χ1n) is 7.21. The third-order valence-corrected chi connectivity index (χ3v) is 3.55. The molecular formula is C18H20N2O2. The Labute approximate surface area is 130 Å². The van der Waals surface area contributed by atoms with Crippen molar-refractivity contribution in [2.45, 2.75) is 26.8 Å². The van der Waals surface area contributed by atoms with E-state index in [1.54, 1.807) is 31.2 Å². The number of nitrogens with one attached hydrogen (secondary N) is 2. The van der Waals surface area contributed by atoms with E-state index in [-0.39, 0.29) is 11.8 Å². The standard InChI is InChI=1S/C18H20N2O2/c1-12-9-10-16(11-13(12)2)20-17(21)14(3)19-18(22)15-7-5-4-6-8-15/h4-11,14H,1-3H3,(H,19,22)(H,20,21)/t14-/m1/s1. The van der Waals surface area contributed by atoms with Gasteiger partial charge in [0.1, 0.15) is 6.04 Å². The van der Waals surface area contributed by atoms with E-state index in [2.05, 4.69) is 10.6 Å². The minimum atomic E-state index is -0.616. The lowest BCUT2D eigenvalue weighted by Crippen LogP contribution is -2.41. The average Bonchev–Trinajstić information content (AvgIpc) is 2.51. The van der Waals surface area contributed by atoms with Gasteiger partial charge in [0.25, 0.3) is 5.91 Å². The number of rotatable bonds is 4. The SMILES string of the molecule is Cc1ccc(NC(=O)[C@@H](C)NC(=O)c2ccccc2)cc1C. The molecule has 0 bridgehead atoms. The van der Waals surface area contributed by atoms with Crippen molar-refractivity contribution in [2.24, 2.45) is 0 Å². The summed E-state index contributed by atoms with van der Waals surface area (Å²) < 4.78 is 0. The van der Waals surface area contributed by atoms with Crippen molar-refractivity contribution in [3.63, 3.8) is 0 Å². The third-order valence-electron chi connectivity index (χ3n) is 3.55. The number of hydrogen-bond donors (Lipinski definition) is 2. The van der Waals surface area contributed by atoms with Crippen LogP contribution >= 0.6 is 0 Å². The van der Waals surface area contributed by atoms with Gasteiger partial charge in [0.2, 0.25) is 5.91 Å². The maximum absolute atomic E-state index is 12.1. The van der Waals surface area contributed by atoms with E-state index in [1.807, 2.05) is 38.1 Å². The number of aryl methyl sites for hydroxylation is 2. The second-order valence-electron chi connectivity index (χ2n) is 5.35. The molecule has 0 aliphatic rings. The summed E-state index contributed by atoms with van der Waals surface area (Å²) >= 11 is 0. The van der Waals surface area contributed by atoms with E-state index >= 15 is 0 Å². The molecule has 0 aliphatic carbocycles. The summed E-state index contributed by atoms with van der Waals surface area (Å²) in [6.07, 6.45) is 0. The second-order valence-corrected chi connectivity index (χ2v) is 5.35. The van der Waals surface area contributed by atoms with Crippen LogP contribution in [0.15, 0.2) is 48.5 Å². The first-order chi connectivity index (χ1) is 10.5. The van der Waals surface area contributed by atoms with Gasteiger partial charge in [0.15, 0.2) is 0 Å². The summed E-state index contributed by atoms with van der Waals surface area (Å²) in [5, 5.41) is 5.50. The second kappa shape index (κ2) is 6.89. The molecule has 2 rings (SSSR count). The highest BCUT2D eigenvalue weighted by Crippen LogP contribution is 2.14. The van der Waals surface area contributed by atoms with E-state index < -0.39 is 6.04 Å². The molecule has 0 heterocycles. The maximum Gasteiger partial charge on any atom is 0.251 e. The first kappa shape index (κ1) is 15.8. The Hall–Kier alpha value is -2.62. The number of carbonyl (C=O) groups is 2. The highest BCUT2D eigenvalue weighted by molar-refractivity contribution is 6.00. The summed E-state index contributed by atoms with van der Waals surface area (Å²) in [6.45, 7) is 5.67. The third kappa shape index (κ3) is 3.95. The quantitative estimate of drug-likeness (QED) is 0.911. The molecule has 0 radical (unpaired) electrons. The average molecular weight is 296 g/mol. The summed E-state index contributed by atoms with van der Waals surface area (Å²) in [7, 11) is 0. The Bertz CT molecular complexity index is 681. The molecule has 0 saturated carbocycles. The number of hydrogen-bond acceptors (Lipinski definition) is 2. The minimum absolute atomic E-state index is 0.243. The summed E-state index contributed by atoms with van der Waals surface area (Å²) in [6, 6.07) is 13.9. The van der Waals surface area contributed by atoms with Crippen molar-refractivity contribution in [3.8, 4) is 0 Å². The van der Waals surface area contributed by atoms with Crippen LogP contribution in [0.3, 0.4) is 0 Å². The van der Waals surface area contributed by atoms with Gasteiger partial charge in [-0.25, -0.2) is 0 Å². The van der Waals surface area contributed by atoms with Crippen LogP contribution in [0.25, 0.3) is 0 Å². The zero-order chi connectivity index (χ0) is 16.1. The molecule has 0 saturated heterocycles. The van der Waals surface area contributed by atoms with Gasteiger partial charge < -0.3 is 10.6 Å². The van der Waals surface area contributed by atoms with Gasteiger partial charge in [-0.15, -0.1) is 0 Å². The highest BCUT2D eigenvalue weighted by Gasteiger charge is 2.16. The van der Waals surface area contributed by atoms with Gasteiger partial charge in [-0.2, -0.15) is 0 Å². The van der Waals surface area contributed by atoms with Gasteiger partial charge in [-0.3, -0.25) is 9.59 Å². The van der Waals surface area contributed by atoms with Crippen LogP contribution < -0.4 is 10.6 Å². The number of benzene rings is 2. The Balaban J connectivity index is 1.97. The molecule has 22 heavy (non-hydrogen) atoms. The molecular weight excluding hydrogens is 276 g/mol. The minimum Gasteiger partial charge on any atom is -0.341 e. The summed E-state index contributed by atoms with van der Waals surface area (Å²) in [5.74, 6) is -0.504. The fraction of sp³-hybridized carbons (Fsp3) is 0.222. The van der Waals surface area contributed by atoms with Crippen molar-refractivity contribution in [2.75, 3.05) is 5.32 Å². The van der Waals surface area contributed by atoms with Crippen LogP contribution in [0.2, 0.25) is 0 Å². The monoisotopic (exact) mass is 296 g/mol. The Kier molecular flexibility index (Phi) is 4.94. The van der Waals surface area contributed by atoms with Gasteiger partial charge in [-0.1, -0.05) is 24.3 Å². The van der Waals surface area contributed by atoms with E-state index in [4.69, 9.17) is 0 Å². The molecule has 4 heteroatoms. The largest absolute Gasteiger partial charge is 0.341 e. The normalized spacial score (nSPS) is 11.6. The van der Waals surface area contributed by atoms with E-state index in [0.717, 1.165) is 11.3 Å². The maximum atomic E-state index is 12.1. The molecule has 0 spiro atoms. The van der Waals surface area contributed by atoms with Crippen molar-refractivity contribution in [1.82, 2.24) is 5.32 Å². The van der Waals surface area contributed by atoms with Crippen molar-refractivity contribution in [3.05, 3.63) is 65.2 Å². The van der Waals surface area contributed by atoms with Gasteiger partial charge in [0, 0.05) is 11.3 Å². The lowest BCUT2D eigenvalue weighted by molar-refractivity contribution is -0.117. The molecule has 0 aliphatic heterocycles. The molecule has 0 aromatic heterocycles. The van der Waals surface area contributed by atoms with Crippen molar-refractivity contribution < 1.29 is 9.59 Å². The van der Waals surface area contributed by atoms with E-state index in [9.17, 15) is 9.59 Å². The van der Waals surface area contributed by atoms with E-state index in [1.165, 1.54) is 5.56 Å². The molecule has 2 aromatic carbocycles. The zero-order valence-electron chi connectivity index (χ0n) is 13.0. The summed E-state index contributed by atoms with van der Waals surface area (Å²) in [5.41, 5.74) is 3.55. The lowest BCUT2D eigenvalue weighted by atomic mass is 10.1. The van der Waals surface area contributed by atoms with Crippen LogP contribution in [0.5, 0.6) is 0 Å². The van der Waals surface area contributed by atoms with E-state index in [0.29, 0.717) is 5.56 Å². The summed E-state index contributed by atoms with van der Waals surface area (Å²) in [4.78, 5) is 24.2. The van der Waals surface area contributed by atoms with Crippen LogP contribution in [-0.4, -0.2) is 17.9 Å². The number of amides is 2. The predicted octanol–water partition coefficient (Wildman–Crippen LogP) is 3.06. The van der Waals surface area contributed by atoms with Crippen molar-refractivity contribution in [1.29, 1.82) is 0 Å². The zero-order valence-corrected chi connectivity index (χ0v) is 13.0. The molecule has 4 nitrogen and oxygen atoms in total. The Morgan fingerprint density at radius 2 is 1.64 bits per heavy atom.